The molecule has 1 aromatic heterocycles. The normalized spacial score (nSPS) is 25.5. The average Bonchev–Trinajstić information content (AvgIpc) is 3.10. The fraction of sp³-hybridized carbons (Fsp3) is 0.688. The van der Waals surface area contributed by atoms with Gasteiger partial charge in [-0.2, -0.15) is 0 Å². The smallest absolute Gasteiger partial charge is 0.191 e. The molecule has 2 aliphatic rings. The highest BCUT2D eigenvalue weighted by Gasteiger charge is 2.26. The van der Waals surface area contributed by atoms with E-state index in [0.717, 1.165) is 46.0 Å². The molecule has 1 aromatic rings. The van der Waals surface area contributed by atoms with Crippen molar-refractivity contribution in [2.45, 2.75) is 19.1 Å². The first kappa shape index (κ1) is 16.7. The monoisotopic (exact) mass is 338 g/mol. The molecule has 23 heavy (non-hydrogen) atoms. The average molecular weight is 338 g/mol. The van der Waals surface area contributed by atoms with Crippen LogP contribution in [0.5, 0.6) is 0 Å². The van der Waals surface area contributed by atoms with Gasteiger partial charge in [0, 0.05) is 31.1 Å². The van der Waals surface area contributed by atoms with E-state index in [0.29, 0.717) is 12.5 Å². The van der Waals surface area contributed by atoms with Crippen molar-refractivity contribution < 1.29 is 9.47 Å². The summed E-state index contributed by atoms with van der Waals surface area (Å²) in [5, 5.41) is 2.13. The van der Waals surface area contributed by atoms with Gasteiger partial charge in [0.15, 0.2) is 5.96 Å². The van der Waals surface area contributed by atoms with E-state index >= 15 is 0 Å². The lowest BCUT2D eigenvalue weighted by molar-refractivity contribution is -0.0327. The molecule has 0 radical (unpaired) electrons. The van der Waals surface area contributed by atoms with E-state index in [2.05, 4.69) is 34.2 Å². The molecule has 128 valence electrons. The summed E-state index contributed by atoms with van der Waals surface area (Å²) >= 11 is 1.79. The molecule has 6 nitrogen and oxygen atoms in total. The third-order valence-corrected chi connectivity index (χ3v) is 5.32. The molecule has 2 saturated heterocycles. The maximum Gasteiger partial charge on any atom is 0.191 e. The summed E-state index contributed by atoms with van der Waals surface area (Å²) in [6, 6.07) is 4.57. The van der Waals surface area contributed by atoms with Crippen molar-refractivity contribution in [1.29, 1.82) is 0 Å². The fourth-order valence-corrected chi connectivity index (χ4v) is 3.92. The Morgan fingerprint density at radius 3 is 2.91 bits per heavy atom. The maximum atomic E-state index is 6.19. The summed E-state index contributed by atoms with van der Waals surface area (Å²) in [4.78, 5) is 10.6. The number of ether oxygens (including phenoxy) is 2. The quantitative estimate of drug-likeness (QED) is 0.659. The summed E-state index contributed by atoms with van der Waals surface area (Å²) in [6.07, 6.45) is 0.270. The highest BCUT2D eigenvalue weighted by atomic mass is 32.1. The second kappa shape index (κ2) is 8.10. The summed E-state index contributed by atoms with van der Waals surface area (Å²) in [7, 11) is 0. The summed E-state index contributed by atoms with van der Waals surface area (Å²) in [5.74, 6) is 0.635. The number of morpholine rings is 2. The summed E-state index contributed by atoms with van der Waals surface area (Å²) < 4.78 is 11.0. The number of thiophene rings is 1. The SMILES string of the molecule is CC1CN(C(CN=C(N)N2CCOCC2)c2cccs2)CCO1. The molecular weight excluding hydrogens is 312 g/mol. The number of guanidine groups is 1. The Kier molecular flexibility index (Phi) is 5.88. The van der Waals surface area contributed by atoms with Crippen LogP contribution in [0.25, 0.3) is 0 Å². The lowest BCUT2D eigenvalue weighted by atomic mass is 10.1. The Labute approximate surface area is 141 Å². The molecule has 0 spiro atoms. The summed E-state index contributed by atoms with van der Waals surface area (Å²) in [6.45, 7) is 8.60. The van der Waals surface area contributed by atoms with Crippen LogP contribution < -0.4 is 5.73 Å². The molecule has 3 heterocycles. The lowest BCUT2D eigenvalue weighted by Crippen LogP contribution is -2.46. The number of hydrogen-bond donors (Lipinski definition) is 1. The molecule has 0 saturated carbocycles. The molecule has 2 fully saturated rings. The van der Waals surface area contributed by atoms with Gasteiger partial charge in [-0.25, -0.2) is 0 Å². The number of nitrogens with two attached hydrogens (primary N) is 1. The molecule has 2 N–H and O–H groups in total. The highest BCUT2D eigenvalue weighted by Crippen LogP contribution is 2.27. The molecule has 0 amide bonds. The Morgan fingerprint density at radius 1 is 1.39 bits per heavy atom. The number of aliphatic imine (C=N–C) groups is 1. The van der Waals surface area contributed by atoms with E-state index in [9.17, 15) is 0 Å². The zero-order chi connectivity index (χ0) is 16.1. The number of hydrogen-bond acceptors (Lipinski definition) is 5. The van der Waals surface area contributed by atoms with E-state index in [1.165, 1.54) is 4.88 Å². The topological polar surface area (TPSA) is 63.3 Å². The van der Waals surface area contributed by atoms with E-state index in [1.807, 2.05) is 0 Å². The van der Waals surface area contributed by atoms with Crippen molar-refractivity contribution in [3.8, 4) is 0 Å². The summed E-state index contributed by atoms with van der Waals surface area (Å²) in [5.41, 5.74) is 6.19. The van der Waals surface area contributed by atoms with Crippen LogP contribution in [0.3, 0.4) is 0 Å². The first-order chi connectivity index (χ1) is 11.2. The van der Waals surface area contributed by atoms with Crippen molar-refractivity contribution >= 4 is 17.3 Å². The van der Waals surface area contributed by atoms with Crippen LogP contribution in [0.15, 0.2) is 22.5 Å². The standard InChI is InChI=1S/C16H26N4O2S/c1-13-12-20(6-9-22-13)14(15-3-2-10-23-15)11-18-16(17)19-4-7-21-8-5-19/h2-3,10,13-14H,4-9,11-12H2,1H3,(H2,17,18). The van der Waals surface area contributed by atoms with Gasteiger partial charge in [-0.3, -0.25) is 9.89 Å². The molecule has 0 aliphatic carbocycles. The number of rotatable bonds is 4. The molecule has 0 aromatic carbocycles. The minimum Gasteiger partial charge on any atom is -0.378 e. The second-order valence-electron chi connectivity index (χ2n) is 6.01. The van der Waals surface area contributed by atoms with Crippen LogP contribution in [0, 0.1) is 0 Å². The molecule has 3 rings (SSSR count). The number of nitrogens with zero attached hydrogens (tertiary/aromatic N) is 3. The van der Waals surface area contributed by atoms with E-state index in [1.54, 1.807) is 11.3 Å². The van der Waals surface area contributed by atoms with Gasteiger partial charge in [0.05, 0.1) is 38.5 Å². The Morgan fingerprint density at radius 2 is 2.22 bits per heavy atom. The lowest BCUT2D eigenvalue weighted by Gasteiger charge is -2.36. The molecule has 2 unspecified atom stereocenters. The largest absolute Gasteiger partial charge is 0.378 e. The third-order valence-electron chi connectivity index (χ3n) is 4.35. The van der Waals surface area contributed by atoms with Crippen LogP contribution in [0.2, 0.25) is 0 Å². The molecule has 0 bridgehead atoms. The minimum atomic E-state index is 0.270. The zero-order valence-corrected chi connectivity index (χ0v) is 14.5. The van der Waals surface area contributed by atoms with E-state index < -0.39 is 0 Å². The van der Waals surface area contributed by atoms with Crippen LogP contribution in [0.1, 0.15) is 17.8 Å². The predicted octanol–water partition coefficient (Wildman–Crippen LogP) is 1.16. The van der Waals surface area contributed by atoms with Gasteiger partial charge >= 0.3 is 0 Å². The molecule has 2 aliphatic heterocycles. The predicted molar refractivity (Wildman–Crippen MR) is 92.9 cm³/mol. The van der Waals surface area contributed by atoms with Crippen molar-refractivity contribution in [1.82, 2.24) is 9.80 Å². The minimum absolute atomic E-state index is 0.270. The van der Waals surface area contributed by atoms with Gasteiger partial charge in [-0.1, -0.05) is 6.07 Å². The Hall–Kier alpha value is -1.15. The van der Waals surface area contributed by atoms with Gasteiger partial charge in [0.25, 0.3) is 0 Å². The van der Waals surface area contributed by atoms with Crippen LogP contribution >= 0.6 is 11.3 Å². The van der Waals surface area contributed by atoms with Gasteiger partial charge in [0.2, 0.25) is 0 Å². The van der Waals surface area contributed by atoms with Crippen molar-refractivity contribution in [2.24, 2.45) is 10.7 Å². The third kappa shape index (κ3) is 4.44. The van der Waals surface area contributed by atoms with Gasteiger partial charge in [0.1, 0.15) is 0 Å². The van der Waals surface area contributed by atoms with Crippen molar-refractivity contribution in [2.75, 3.05) is 52.5 Å². The van der Waals surface area contributed by atoms with Crippen LogP contribution in [-0.2, 0) is 9.47 Å². The van der Waals surface area contributed by atoms with Gasteiger partial charge in [-0.15, -0.1) is 11.3 Å². The molecule has 7 heteroatoms. The van der Waals surface area contributed by atoms with Crippen molar-refractivity contribution in [3.05, 3.63) is 22.4 Å². The Bertz CT molecular complexity index is 502. The molecule has 2 atom stereocenters. The zero-order valence-electron chi connectivity index (χ0n) is 13.7. The Balaban J connectivity index is 1.68. The van der Waals surface area contributed by atoms with Crippen LogP contribution in [0.4, 0.5) is 0 Å². The van der Waals surface area contributed by atoms with Crippen molar-refractivity contribution in [3.63, 3.8) is 0 Å². The molecular formula is C16H26N4O2S. The first-order valence-corrected chi connectivity index (χ1v) is 9.13. The van der Waals surface area contributed by atoms with Gasteiger partial charge in [-0.05, 0) is 18.4 Å². The van der Waals surface area contributed by atoms with Gasteiger partial charge < -0.3 is 20.1 Å². The van der Waals surface area contributed by atoms with E-state index in [4.69, 9.17) is 20.2 Å². The maximum absolute atomic E-state index is 6.19. The second-order valence-corrected chi connectivity index (χ2v) is 6.99. The highest BCUT2D eigenvalue weighted by molar-refractivity contribution is 7.10. The van der Waals surface area contributed by atoms with Crippen LogP contribution in [-0.4, -0.2) is 74.4 Å². The van der Waals surface area contributed by atoms with E-state index in [-0.39, 0.29) is 12.1 Å². The fourth-order valence-electron chi connectivity index (χ4n) is 3.07. The first-order valence-electron chi connectivity index (χ1n) is 8.25.